The van der Waals surface area contributed by atoms with Crippen LogP contribution >= 0.6 is 0 Å². The highest BCUT2D eigenvalue weighted by Crippen LogP contribution is 2.01. The van der Waals surface area contributed by atoms with Crippen LogP contribution in [-0.2, 0) is 9.53 Å². The Morgan fingerprint density at radius 2 is 2.12 bits per heavy atom. The SMILES string of the molecule is CNCCCOC(=O)/C=C/c1ccccc1. The van der Waals surface area contributed by atoms with Crippen LogP contribution in [0.2, 0.25) is 0 Å². The van der Waals surface area contributed by atoms with Crippen molar-refractivity contribution in [3.63, 3.8) is 0 Å². The van der Waals surface area contributed by atoms with Crippen molar-refractivity contribution in [3.8, 4) is 0 Å². The third-order valence-electron chi connectivity index (χ3n) is 2.03. The fraction of sp³-hybridized carbons (Fsp3) is 0.308. The second-order valence-corrected chi connectivity index (χ2v) is 3.37. The molecule has 0 radical (unpaired) electrons. The van der Waals surface area contributed by atoms with Crippen molar-refractivity contribution in [2.24, 2.45) is 0 Å². The van der Waals surface area contributed by atoms with Crippen molar-refractivity contribution < 1.29 is 9.53 Å². The number of nitrogens with one attached hydrogen (secondary N) is 1. The van der Waals surface area contributed by atoms with E-state index in [0.717, 1.165) is 18.5 Å². The molecule has 0 saturated heterocycles. The zero-order valence-electron chi connectivity index (χ0n) is 9.48. The fourth-order valence-corrected chi connectivity index (χ4v) is 1.20. The summed E-state index contributed by atoms with van der Waals surface area (Å²) in [4.78, 5) is 11.3. The zero-order chi connectivity index (χ0) is 11.6. The van der Waals surface area contributed by atoms with Gasteiger partial charge in [0.2, 0.25) is 0 Å². The van der Waals surface area contributed by atoms with E-state index in [4.69, 9.17) is 4.74 Å². The molecule has 1 aromatic rings. The van der Waals surface area contributed by atoms with Crippen molar-refractivity contribution in [2.45, 2.75) is 6.42 Å². The Morgan fingerprint density at radius 1 is 1.38 bits per heavy atom. The van der Waals surface area contributed by atoms with Gasteiger partial charge in [-0.25, -0.2) is 4.79 Å². The lowest BCUT2D eigenvalue weighted by atomic mass is 10.2. The standard InChI is InChI=1S/C13H17NO2/c1-14-10-5-11-16-13(15)9-8-12-6-3-2-4-7-12/h2-4,6-9,14H,5,10-11H2,1H3/b9-8+. The van der Waals surface area contributed by atoms with Gasteiger partial charge >= 0.3 is 5.97 Å². The molecule has 1 N–H and O–H groups in total. The largest absolute Gasteiger partial charge is 0.462 e. The summed E-state index contributed by atoms with van der Waals surface area (Å²) in [6, 6.07) is 9.67. The first-order valence-electron chi connectivity index (χ1n) is 5.37. The van der Waals surface area contributed by atoms with Gasteiger partial charge in [-0.3, -0.25) is 0 Å². The Kier molecular flexibility index (Phi) is 5.96. The van der Waals surface area contributed by atoms with Crippen LogP contribution in [0, 0.1) is 0 Å². The molecule has 1 rings (SSSR count). The summed E-state index contributed by atoms with van der Waals surface area (Å²) in [6.45, 7) is 1.31. The number of esters is 1. The van der Waals surface area contributed by atoms with E-state index in [1.807, 2.05) is 37.4 Å². The Labute approximate surface area is 96.1 Å². The Morgan fingerprint density at radius 3 is 2.81 bits per heavy atom. The van der Waals surface area contributed by atoms with Gasteiger partial charge in [0, 0.05) is 6.08 Å². The summed E-state index contributed by atoms with van der Waals surface area (Å²) >= 11 is 0. The number of ether oxygens (including phenoxy) is 1. The predicted octanol–water partition coefficient (Wildman–Crippen LogP) is 1.85. The van der Waals surface area contributed by atoms with Crippen LogP contribution in [-0.4, -0.2) is 26.2 Å². The quantitative estimate of drug-likeness (QED) is 0.451. The van der Waals surface area contributed by atoms with Crippen molar-refractivity contribution in [3.05, 3.63) is 42.0 Å². The number of benzene rings is 1. The molecular weight excluding hydrogens is 202 g/mol. The van der Waals surface area contributed by atoms with Crippen LogP contribution in [0.15, 0.2) is 36.4 Å². The molecule has 0 fully saturated rings. The molecule has 0 bridgehead atoms. The van der Waals surface area contributed by atoms with Gasteiger partial charge in [0.05, 0.1) is 6.61 Å². The van der Waals surface area contributed by atoms with Crippen LogP contribution in [0.1, 0.15) is 12.0 Å². The third-order valence-corrected chi connectivity index (χ3v) is 2.03. The summed E-state index contributed by atoms with van der Waals surface area (Å²) in [6.07, 6.45) is 4.04. The van der Waals surface area contributed by atoms with Gasteiger partial charge in [-0.1, -0.05) is 30.3 Å². The lowest BCUT2D eigenvalue weighted by Gasteiger charge is -2.00. The molecule has 0 heterocycles. The molecule has 1 aromatic carbocycles. The maximum absolute atomic E-state index is 11.3. The Bertz CT molecular complexity index is 333. The first-order valence-corrected chi connectivity index (χ1v) is 5.37. The number of carbonyl (C=O) groups excluding carboxylic acids is 1. The molecule has 0 amide bonds. The molecule has 16 heavy (non-hydrogen) atoms. The van der Waals surface area contributed by atoms with Gasteiger partial charge in [0.25, 0.3) is 0 Å². The summed E-state index contributed by atoms with van der Waals surface area (Å²) in [7, 11) is 1.87. The number of hydrogen-bond acceptors (Lipinski definition) is 3. The minimum Gasteiger partial charge on any atom is -0.462 e. The maximum atomic E-state index is 11.3. The molecule has 3 heteroatoms. The van der Waals surface area contributed by atoms with Crippen molar-refractivity contribution in [2.75, 3.05) is 20.2 Å². The first-order chi connectivity index (χ1) is 7.83. The number of hydrogen-bond donors (Lipinski definition) is 1. The summed E-state index contributed by atoms with van der Waals surface area (Å²) in [5, 5.41) is 2.99. The van der Waals surface area contributed by atoms with Crippen LogP contribution in [0.25, 0.3) is 6.08 Å². The molecule has 86 valence electrons. The second kappa shape index (κ2) is 7.65. The highest BCUT2D eigenvalue weighted by Gasteiger charge is 1.95. The number of carbonyl (C=O) groups is 1. The van der Waals surface area contributed by atoms with Crippen LogP contribution in [0.4, 0.5) is 0 Å². The van der Waals surface area contributed by atoms with E-state index in [1.54, 1.807) is 6.08 Å². The van der Waals surface area contributed by atoms with E-state index < -0.39 is 0 Å². The summed E-state index contributed by atoms with van der Waals surface area (Å²) in [5.74, 6) is -0.292. The Hall–Kier alpha value is -1.61. The van der Waals surface area contributed by atoms with E-state index in [9.17, 15) is 4.79 Å². The molecule has 0 atom stereocenters. The van der Waals surface area contributed by atoms with Gasteiger partial charge in [0.15, 0.2) is 0 Å². The fourth-order valence-electron chi connectivity index (χ4n) is 1.20. The van der Waals surface area contributed by atoms with E-state index in [2.05, 4.69) is 5.32 Å². The lowest BCUT2D eigenvalue weighted by Crippen LogP contribution is -2.12. The summed E-state index contributed by atoms with van der Waals surface area (Å²) in [5.41, 5.74) is 0.995. The highest BCUT2D eigenvalue weighted by molar-refractivity contribution is 5.86. The predicted molar refractivity (Wildman–Crippen MR) is 65.0 cm³/mol. The average Bonchev–Trinajstić information content (AvgIpc) is 2.33. The third kappa shape index (κ3) is 5.32. The second-order valence-electron chi connectivity index (χ2n) is 3.37. The maximum Gasteiger partial charge on any atom is 0.330 e. The molecule has 0 aliphatic heterocycles. The van der Waals surface area contributed by atoms with E-state index in [0.29, 0.717) is 6.61 Å². The molecule has 0 aliphatic rings. The zero-order valence-corrected chi connectivity index (χ0v) is 9.48. The summed E-state index contributed by atoms with van der Waals surface area (Å²) < 4.78 is 5.00. The van der Waals surface area contributed by atoms with Crippen LogP contribution < -0.4 is 5.32 Å². The lowest BCUT2D eigenvalue weighted by molar-refractivity contribution is -0.137. The van der Waals surface area contributed by atoms with Gasteiger partial charge in [0.1, 0.15) is 0 Å². The van der Waals surface area contributed by atoms with Crippen LogP contribution in [0.3, 0.4) is 0 Å². The van der Waals surface area contributed by atoms with Gasteiger partial charge in [-0.05, 0) is 31.7 Å². The van der Waals surface area contributed by atoms with Crippen molar-refractivity contribution in [1.82, 2.24) is 5.32 Å². The van der Waals surface area contributed by atoms with Crippen LogP contribution in [0.5, 0.6) is 0 Å². The van der Waals surface area contributed by atoms with Crippen molar-refractivity contribution >= 4 is 12.0 Å². The van der Waals surface area contributed by atoms with E-state index in [-0.39, 0.29) is 5.97 Å². The highest BCUT2D eigenvalue weighted by atomic mass is 16.5. The first kappa shape index (κ1) is 12.5. The minimum atomic E-state index is -0.292. The van der Waals surface area contributed by atoms with Gasteiger partial charge in [-0.15, -0.1) is 0 Å². The Balaban J connectivity index is 2.26. The molecule has 3 nitrogen and oxygen atoms in total. The van der Waals surface area contributed by atoms with Gasteiger partial charge < -0.3 is 10.1 Å². The molecule has 0 aliphatic carbocycles. The molecule has 0 saturated carbocycles. The molecular formula is C13H17NO2. The normalized spacial score (nSPS) is 10.6. The topological polar surface area (TPSA) is 38.3 Å². The van der Waals surface area contributed by atoms with E-state index >= 15 is 0 Å². The average molecular weight is 219 g/mol. The smallest absolute Gasteiger partial charge is 0.330 e. The molecule has 0 unspecified atom stereocenters. The number of rotatable bonds is 6. The van der Waals surface area contributed by atoms with Gasteiger partial charge in [-0.2, -0.15) is 0 Å². The monoisotopic (exact) mass is 219 g/mol. The molecule has 0 aromatic heterocycles. The minimum absolute atomic E-state index is 0.292. The molecule has 0 spiro atoms. The van der Waals surface area contributed by atoms with E-state index in [1.165, 1.54) is 6.08 Å². The van der Waals surface area contributed by atoms with Crippen molar-refractivity contribution in [1.29, 1.82) is 0 Å².